The lowest BCUT2D eigenvalue weighted by molar-refractivity contribution is 0.790. The van der Waals surface area contributed by atoms with Gasteiger partial charge >= 0.3 is 0 Å². The second-order valence-corrected chi connectivity index (χ2v) is 6.05. The lowest BCUT2D eigenvalue weighted by Gasteiger charge is -2.08. The summed E-state index contributed by atoms with van der Waals surface area (Å²) in [6, 6.07) is 5.87. The maximum absolute atomic E-state index is 6.01. The second kappa shape index (κ2) is 4.86. The number of benzene rings is 1. The minimum atomic E-state index is 0.730. The number of aromatic nitrogens is 3. The zero-order valence-electron chi connectivity index (χ0n) is 10.2. The average molecular weight is 335 g/mol. The first-order valence-electron chi connectivity index (χ1n) is 5.64. The van der Waals surface area contributed by atoms with E-state index < -0.39 is 0 Å². The Bertz CT molecular complexity index is 753. The predicted octanol–water partition coefficient (Wildman–Crippen LogP) is 3.46. The van der Waals surface area contributed by atoms with Crippen molar-refractivity contribution in [3.05, 3.63) is 41.3 Å². The molecule has 2 aromatic heterocycles. The normalized spacial score (nSPS) is 11.1. The Labute approximate surface area is 123 Å². The fourth-order valence-electron chi connectivity index (χ4n) is 1.82. The van der Waals surface area contributed by atoms with Crippen molar-refractivity contribution in [2.75, 3.05) is 5.73 Å². The summed E-state index contributed by atoms with van der Waals surface area (Å²) >= 11 is 5.01. The predicted molar refractivity (Wildman–Crippen MR) is 81.2 cm³/mol. The van der Waals surface area contributed by atoms with Crippen molar-refractivity contribution in [2.45, 2.75) is 10.1 Å². The third kappa shape index (κ3) is 2.33. The maximum Gasteiger partial charge on any atom is 0.172 e. The summed E-state index contributed by atoms with van der Waals surface area (Å²) in [7, 11) is 1.97. The maximum atomic E-state index is 6.01. The van der Waals surface area contributed by atoms with Gasteiger partial charge in [-0.05, 0) is 45.9 Å². The van der Waals surface area contributed by atoms with Crippen LogP contribution in [0.25, 0.3) is 10.9 Å². The number of hydrogen-bond donors (Lipinski definition) is 1. The summed E-state index contributed by atoms with van der Waals surface area (Å²) in [5, 5.41) is 1.88. The highest BCUT2D eigenvalue weighted by Crippen LogP contribution is 2.34. The van der Waals surface area contributed by atoms with Crippen LogP contribution in [-0.2, 0) is 7.05 Å². The number of pyridine rings is 1. The summed E-state index contributed by atoms with van der Waals surface area (Å²) in [5.74, 6) is 0. The van der Waals surface area contributed by atoms with E-state index in [9.17, 15) is 0 Å². The molecule has 0 unspecified atom stereocenters. The number of fused-ring (bicyclic) bond motifs is 1. The van der Waals surface area contributed by atoms with Gasteiger partial charge in [0.2, 0.25) is 0 Å². The van der Waals surface area contributed by atoms with Crippen molar-refractivity contribution in [3.63, 3.8) is 0 Å². The van der Waals surface area contributed by atoms with Crippen LogP contribution in [0.15, 0.2) is 51.3 Å². The molecule has 0 spiro atoms. The van der Waals surface area contributed by atoms with E-state index in [0.717, 1.165) is 31.1 Å². The molecule has 0 bridgehead atoms. The molecule has 0 atom stereocenters. The lowest BCUT2D eigenvalue weighted by atomic mass is 10.2. The number of imidazole rings is 1. The quantitative estimate of drug-likeness (QED) is 0.729. The number of nitrogen functional groups attached to an aromatic ring is 1. The second-order valence-electron chi connectivity index (χ2n) is 4.13. The average Bonchev–Trinajstić information content (AvgIpc) is 2.79. The van der Waals surface area contributed by atoms with E-state index in [1.165, 1.54) is 0 Å². The van der Waals surface area contributed by atoms with E-state index >= 15 is 0 Å². The molecule has 19 heavy (non-hydrogen) atoms. The molecule has 0 aliphatic carbocycles. The molecule has 4 nitrogen and oxygen atoms in total. The zero-order chi connectivity index (χ0) is 13.4. The highest BCUT2D eigenvalue weighted by molar-refractivity contribution is 9.10. The first kappa shape index (κ1) is 12.5. The Balaban J connectivity index is 2.14. The van der Waals surface area contributed by atoms with Gasteiger partial charge in [-0.15, -0.1) is 0 Å². The van der Waals surface area contributed by atoms with Crippen molar-refractivity contribution in [3.8, 4) is 0 Å². The Morgan fingerprint density at radius 1 is 1.32 bits per heavy atom. The van der Waals surface area contributed by atoms with Crippen LogP contribution in [0, 0.1) is 0 Å². The summed E-state index contributed by atoms with van der Waals surface area (Å²) in [5.41, 5.74) is 7.64. The third-order valence-electron chi connectivity index (χ3n) is 2.79. The van der Waals surface area contributed by atoms with Crippen LogP contribution in [-0.4, -0.2) is 14.5 Å². The van der Waals surface area contributed by atoms with Gasteiger partial charge in [-0.3, -0.25) is 4.98 Å². The zero-order valence-corrected chi connectivity index (χ0v) is 12.6. The van der Waals surface area contributed by atoms with E-state index in [2.05, 4.69) is 25.9 Å². The minimum absolute atomic E-state index is 0.730. The summed E-state index contributed by atoms with van der Waals surface area (Å²) in [4.78, 5) is 9.83. The van der Waals surface area contributed by atoms with Crippen molar-refractivity contribution in [1.82, 2.24) is 14.5 Å². The Hall–Kier alpha value is -1.53. The largest absolute Gasteiger partial charge is 0.398 e. The number of aryl methyl sites for hydroxylation is 1. The topological polar surface area (TPSA) is 56.7 Å². The van der Waals surface area contributed by atoms with Gasteiger partial charge in [0, 0.05) is 46.1 Å². The third-order valence-corrected chi connectivity index (χ3v) is 4.35. The molecule has 0 fully saturated rings. The van der Waals surface area contributed by atoms with Crippen LogP contribution in [0.4, 0.5) is 5.69 Å². The van der Waals surface area contributed by atoms with Crippen LogP contribution in [0.2, 0.25) is 0 Å². The number of hydrogen-bond acceptors (Lipinski definition) is 4. The molecule has 0 aliphatic rings. The molecule has 96 valence electrons. The molecule has 0 saturated heterocycles. The first-order valence-corrected chi connectivity index (χ1v) is 7.25. The molecule has 3 rings (SSSR count). The number of nitrogens with zero attached hydrogens (tertiary/aromatic N) is 3. The van der Waals surface area contributed by atoms with Gasteiger partial charge in [-0.1, -0.05) is 0 Å². The summed E-state index contributed by atoms with van der Waals surface area (Å²) in [6.07, 6.45) is 5.49. The smallest absolute Gasteiger partial charge is 0.172 e. The Morgan fingerprint density at radius 2 is 2.16 bits per heavy atom. The van der Waals surface area contributed by atoms with E-state index in [0.29, 0.717) is 0 Å². The van der Waals surface area contributed by atoms with Crippen molar-refractivity contribution in [2.24, 2.45) is 7.05 Å². The molecule has 0 aliphatic heterocycles. The van der Waals surface area contributed by atoms with Crippen molar-refractivity contribution in [1.29, 1.82) is 0 Å². The number of halogens is 1. The summed E-state index contributed by atoms with van der Waals surface area (Å²) < 4.78 is 2.90. The summed E-state index contributed by atoms with van der Waals surface area (Å²) in [6.45, 7) is 0. The Kier molecular flexibility index (Phi) is 3.20. The molecular formula is C13H11BrN4S. The number of anilines is 1. The molecule has 2 heterocycles. The SMILES string of the molecule is Cn1ccnc1Sc1ccc(N)c2cc(Br)cnc12. The highest BCUT2D eigenvalue weighted by atomic mass is 79.9. The number of nitrogens with two attached hydrogens (primary N) is 1. The van der Waals surface area contributed by atoms with E-state index in [1.807, 2.05) is 36.0 Å². The van der Waals surface area contributed by atoms with Crippen molar-refractivity contribution >= 4 is 44.3 Å². The van der Waals surface area contributed by atoms with Crippen LogP contribution in [0.1, 0.15) is 0 Å². The standard InChI is InChI=1S/C13H11BrN4S/c1-18-5-4-16-13(18)19-11-3-2-10(15)9-6-8(14)7-17-12(9)11/h2-7H,15H2,1H3. The van der Waals surface area contributed by atoms with E-state index in [-0.39, 0.29) is 0 Å². The van der Waals surface area contributed by atoms with Crippen LogP contribution < -0.4 is 5.73 Å². The fourth-order valence-corrected chi connectivity index (χ4v) is 3.06. The first-order chi connectivity index (χ1) is 9.15. The van der Waals surface area contributed by atoms with Crippen LogP contribution in [0.5, 0.6) is 0 Å². The molecule has 0 amide bonds. The molecule has 1 aromatic carbocycles. The Morgan fingerprint density at radius 3 is 2.89 bits per heavy atom. The monoisotopic (exact) mass is 334 g/mol. The van der Waals surface area contributed by atoms with Crippen molar-refractivity contribution < 1.29 is 0 Å². The van der Waals surface area contributed by atoms with Gasteiger partial charge < -0.3 is 10.3 Å². The van der Waals surface area contributed by atoms with Gasteiger partial charge in [-0.2, -0.15) is 0 Å². The van der Waals surface area contributed by atoms with E-state index in [4.69, 9.17) is 5.73 Å². The number of rotatable bonds is 2. The molecule has 0 saturated carbocycles. The van der Waals surface area contributed by atoms with Gasteiger partial charge in [0.25, 0.3) is 0 Å². The minimum Gasteiger partial charge on any atom is -0.398 e. The van der Waals surface area contributed by atoms with Crippen LogP contribution in [0.3, 0.4) is 0 Å². The molecule has 3 aromatic rings. The van der Waals surface area contributed by atoms with E-state index in [1.54, 1.807) is 24.2 Å². The van der Waals surface area contributed by atoms with Gasteiger partial charge in [-0.25, -0.2) is 4.98 Å². The molecule has 6 heteroatoms. The highest BCUT2D eigenvalue weighted by Gasteiger charge is 2.10. The van der Waals surface area contributed by atoms with Gasteiger partial charge in [0.15, 0.2) is 5.16 Å². The molecule has 0 radical (unpaired) electrons. The van der Waals surface area contributed by atoms with Gasteiger partial charge in [0.1, 0.15) is 0 Å². The van der Waals surface area contributed by atoms with Crippen LogP contribution >= 0.6 is 27.7 Å². The molecule has 2 N–H and O–H groups in total. The molecular weight excluding hydrogens is 324 g/mol. The fraction of sp³-hybridized carbons (Fsp3) is 0.0769. The lowest BCUT2D eigenvalue weighted by Crippen LogP contribution is -1.93. The van der Waals surface area contributed by atoms with Gasteiger partial charge in [0.05, 0.1) is 5.52 Å².